The van der Waals surface area contributed by atoms with Gasteiger partial charge in [0.05, 0.1) is 0 Å². The van der Waals surface area contributed by atoms with Crippen LogP contribution in [0.15, 0.2) is 0 Å². The van der Waals surface area contributed by atoms with Gasteiger partial charge in [-0.2, -0.15) is 0 Å². The number of carbonyl (C=O) groups excluding carboxylic acids is 3. The van der Waals surface area contributed by atoms with Gasteiger partial charge < -0.3 is 14.9 Å². The van der Waals surface area contributed by atoms with Gasteiger partial charge in [0, 0.05) is 36.0 Å². The molecule has 0 aromatic rings. The van der Waals surface area contributed by atoms with E-state index in [1.807, 2.05) is 6.92 Å². The number of unbranched alkanes of at least 4 members (excludes halogenated alkanes) is 2. The Hall–Kier alpha value is -0.270. The average molecular weight is 283 g/mol. The fourth-order valence-corrected chi connectivity index (χ4v) is 1.28. The topological polar surface area (TPSA) is 101 Å². The van der Waals surface area contributed by atoms with Gasteiger partial charge in [0.15, 0.2) is 0 Å². The van der Waals surface area contributed by atoms with Crippen LogP contribution >= 0.6 is 0 Å². The SMILES string of the molecule is CCCCCC(=O)OC(=O)C(C)(O)C(=O)C(C)O.[Na]. The minimum absolute atomic E-state index is 0. The molecular formula is C12H20NaO6. The van der Waals surface area contributed by atoms with Crippen LogP contribution in [-0.2, 0) is 19.1 Å². The van der Waals surface area contributed by atoms with Gasteiger partial charge in [0.2, 0.25) is 11.4 Å². The molecule has 0 amide bonds. The molecule has 0 rings (SSSR count). The van der Waals surface area contributed by atoms with Crippen LogP contribution in [0.5, 0.6) is 0 Å². The molecule has 0 spiro atoms. The molecule has 0 aromatic heterocycles. The van der Waals surface area contributed by atoms with Crippen molar-refractivity contribution in [3.8, 4) is 0 Å². The Labute approximate surface area is 134 Å². The summed E-state index contributed by atoms with van der Waals surface area (Å²) in [6.45, 7) is 3.97. The van der Waals surface area contributed by atoms with Crippen molar-refractivity contribution in [1.29, 1.82) is 0 Å². The van der Waals surface area contributed by atoms with Crippen LogP contribution in [-0.4, -0.2) is 69.2 Å². The summed E-state index contributed by atoms with van der Waals surface area (Å²) in [6.07, 6.45) is 0.863. The molecule has 0 aliphatic carbocycles. The first-order valence-electron chi connectivity index (χ1n) is 5.93. The Bertz CT molecular complexity index is 324. The third-order valence-corrected chi connectivity index (χ3v) is 2.45. The average Bonchev–Trinajstić information content (AvgIpc) is 2.27. The summed E-state index contributed by atoms with van der Waals surface area (Å²) in [4.78, 5) is 34.0. The normalized spacial score (nSPS) is 14.8. The largest absolute Gasteiger partial charge is 0.391 e. The van der Waals surface area contributed by atoms with Crippen LogP contribution in [0.3, 0.4) is 0 Å². The van der Waals surface area contributed by atoms with Crippen LogP contribution in [0.4, 0.5) is 0 Å². The minimum atomic E-state index is -2.51. The Morgan fingerprint density at radius 3 is 2.21 bits per heavy atom. The van der Waals surface area contributed by atoms with Crippen molar-refractivity contribution in [1.82, 2.24) is 0 Å². The molecule has 1 radical (unpaired) electrons. The molecule has 2 N–H and O–H groups in total. The van der Waals surface area contributed by atoms with Crippen LogP contribution in [0, 0.1) is 0 Å². The summed E-state index contributed by atoms with van der Waals surface area (Å²) in [5.41, 5.74) is -2.51. The summed E-state index contributed by atoms with van der Waals surface area (Å²) in [7, 11) is 0. The maximum atomic E-state index is 11.4. The summed E-state index contributed by atoms with van der Waals surface area (Å²) in [5, 5.41) is 18.6. The number of hydrogen-bond donors (Lipinski definition) is 2. The zero-order chi connectivity index (χ0) is 14.3. The number of carbonyl (C=O) groups is 3. The van der Waals surface area contributed by atoms with Gasteiger partial charge in [-0.15, -0.1) is 0 Å². The van der Waals surface area contributed by atoms with Gasteiger partial charge >= 0.3 is 11.9 Å². The number of Topliss-reactive ketones (excluding diaryl/α,β-unsaturated/α-hetero) is 1. The van der Waals surface area contributed by atoms with E-state index in [1.54, 1.807) is 0 Å². The fourth-order valence-electron chi connectivity index (χ4n) is 1.28. The summed E-state index contributed by atoms with van der Waals surface area (Å²) >= 11 is 0. The van der Waals surface area contributed by atoms with Crippen molar-refractivity contribution in [2.45, 2.75) is 58.2 Å². The molecule has 19 heavy (non-hydrogen) atoms. The van der Waals surface area contributed by atoms with E-state index in [9.17, 15) is 19.5 Å². The van der Waals surface area contributed by atoms with Crippen molar-refractivity contribution in [2.75, 3.05) is 0 Å². The monoisotopic (exact) mass is 283 g/mol. The molecule has 0 fully saturated rings. The van der Waals surface area contributed by atoms with E-state index in [0.717, 1.165) is 26.7 Å². The minimum Gasteiger partial charge on any atom is -0.391 e. The first kappa shape index (κ1) is 21.0. The van der Waals surface area contributed by atoms with E-state index in [0.29, 0.717) is 6.42 Å². The molecule has 7 heteroatoms. The Balaban J connectivity index is 0. The van der Waals surface area contributed by atoms with Gasteiger partial charge in [-0.05, 0) is 20.3 Å². The van der Waals surface area contributed by atoms with Crippen molar-refractivity contribution in [3.05, 3.63) is 0 Å². The van der Waals surface area contributed by atoms with E-state index in [4.69, 9.17) is 5.11 Å². The zero-order valence-corrected chi connectivity index (χ0v) is 13.9. The molecule has 0 saturated carbocycles. The number of rotatable bonds is 7. The number of ether oxygens (including phenoxy) is 1. The number of aliphatic hydroxyl groups is 2. The summed E-state index contributed by atoms with van der Waals surface area (Å²) < 4.78 is 4.37. The summed E-state index contributed by atoms with van der Waals surface area (Å²) in [6, 6.07) is 0. The van der Waals surface area contributed by atoms with Crippen LogP contribution in [0.25, 0.3) is 0 Å². The van der Waals surface area contributed by atoms with Gasteiger partial charge in [-0.1, -0.05) is 19.8 Å². The molecule has 6 nitrogen and oxygen atoms in total. The second-order valence-corrected chi connectivity index (χ2v) is 4.33. The van der Waals surface area contributed by atoms with Gasteiger partial charge in [-0.3, -0.25) is 9.59 Å². The van der Waals surface area contributed by atoms with Gasteiger partial charge in [0.1, 0.15) is 6.10 Å². The smallest absolute Gasteiger partial charge is 0.353 e. The Morgan fingerprint density at radius 1 is 1.26 bits per heavy atom. The molecule has 0 aliphatic rings. The van der Waals surface area contributed by atoms with E-state index in [1.165, 1.54) is 0 Å². The molecule has 0 bridgehead atoms. The summed E-state index contributed by atoms with van der Waals surface area (Å²) in [5.74, 6) is -3.24. The number of aliphatic hydroxyl groups excluding tert-OH is 1. The third-order valence-electron chi connectivity index (χ3n) is 2.45. The molecule has 0 saturated heterocycles. The molecular weight excluding hydrogens is 263 g/mol. The molecule has 0 heterocycles. The van der Waals surface area contributed by atoms with E-state index >= 15 is 0 Å². The molecule has 105 valence electrons. The molecule has 0 aliphatic heterocycles. The predicted octanol–water partition coefficient (Wildman–Crippen LogP) is -0.0434. The molecule has 2 unspecified atom stereocenters. The van der Waals surface area contributed by atoms with Crippen molar-refractivity contribution >= 4 is 47.3 Å². The van der Waals surface area contributed by atoms with Gasteiger partial charge in [0.25, 0.3) is 0 Å². The number of hydrogen-bond acceptors (Lipinski definition) is 6. The Morgan fingerprint density at radius 2 is 1.79 bits per heavy atom. The van der Waals surface area contributed by atoms with Crippen molar-refractivity contribution in [3.63, 3.8) is 0 Å². The van der Waals surface area contributed by atoms with E-state index in [-0.39, 0.29) is 36.0 Å². The second-order valence-electron chi connectivity index (χ2n) is 4.33. The molecule has 2 atom stereocenters. The Kier molecular flexibility index (Phi) is 10.6. The predicted molar refractivity (Wildman–Crippen MR) is 68.3 cm³/mol. The number of esters is 2. The second kappa shape index (κ2) is 9.61. The third kappa shape index (κ3) is 7.17. The standard InChI is InChI=1S/C12H20O6.Na/c1-4-5-6-7-9(14)18-11(16)12(3,17)10(15)8(2)13;/h8,13,17H,4-7H2,1-3H3;. The van der Waals surface area contributed by atoms with Crippen molar-refractivity contribution in [2.24, 2.45) is 0 Å². The number of ketones is 1. The van der Waals surface area contributed by atoms with Gasteiger partial charge in [-0.25, -0.2) is 4.79 Å². The van der Waals surface area contributed by atoms with Crippen LogP contribution in [0.1, 0.15) is 46.5 Å². The van der Waals surface area contributed by atoms with Crippen LogP contribution < -0.4 is 0 Å². The van der Waals surface area contributed by atoms with E-state index in [2.05, 4.69) is 4.74 Å². The maximum Gasteiger partial charge on any atom is 0.353 e. The molecule has 0 aromatic carbocycles. The van der Waals surface area contributed by atoms with Crippen molar-refractivity contribution < 1.29 is 29.3 Å². The fraction of sp³-hybridized carbons (Fsp3) is 0.750. The zero-order valence-electron chi connectivity index (χ0n) is 11.9. The van der Waals surface area contributed by atoms with Crippen LogP contribution in [0.2, 0.25) is 0 Å². The first-order valence-corrected chi connectivity index (χ1v) is 5.93. The van der Waals surface area contributed by atoms with E-state index < -0.39 is 29.4 Å². The maximum absolute atomic E-state index is 11.4. The first-order chi connectivity index (χ1) is 8.23. The quantitative estimate of drug-likeness (QED) is 0.294.